The van der Waals surface area contributed by atoms with E-state index in [2.05, 4.69) is 5.32 Å². The van der Waals surface area contributed by atoms with Crippen molar-refractivity contribution in [3.63, 3.8) is 0 Å². The number of hydrogen-bond acceptors (Lipinski definition) is 2. The lowest BCUT2D eigenvalue weighted by Gasteiger charge is -2.07. The second-order valence-electron chi connectivity index (χ2n) is 4.32. The Bertz CT molecular complexity index is 203. The zero-order valence-corrected chi connectivity index (χ0v) is 9.59. The highest BCUT2D eigenvalue weighted by molar-refractivity contribution is 5.81. The molecule has 0 aliphatic rings. The van der Waals surface area contributed by atoms with Crippen LogP contribution in [-0.2, 0) is 9.59 Å². The maximum atomic E-state index is 11.2. The average Bonchev–Trinajstić information content (AvgIpc) is 2.02. The van der Waals surface area contributed by atoms with Gasteiger partial charge in [-0.05, 0) is 5.92 Å². The molecular weight excluding hydrogens is 178 g/mol. The maximum absolute atomic E-state index is 11.2. The average molecular weight is 201 g/mol. The lowest BCUT2D eigenvalue weighted by atomic mass is 10.1. The highest BCUT2D eigenvalue weighted by atomic mass is 16.1. The van der Waals surface area contributed by atoms with Crippen LogP contribution in [0, 0.1) is 11.8 Å². The van der Waals surface area contributed by atoms with E-state index in [1.165, 1.54) is 0 Å². The van der Waals surface area contributed by atoms with Crippen LogP contribution in [0.4, 0.5) is 0 Å². The standard InChI is InChI=1S/C11H21NO2.H2/c1-8(2)7-11(14)12-6-5-10(13)9(3)4;/h8-9H,5-7H2,1-4H3,(H,12,14);1H. The van der Waals surface area contributed by atoms with Crippen molar-refractivity contribution in [3.05, 3.63) is 0 Å². The Hall–Kier alpha value is -0.860. The van der Waals surface area contributed by atoms with Gasteiger partial charge in [0.05, 0.1) is 0 Å². The van der Waals surface area contributed by atoms with E-state index in [0.717, 1.165) is 0 Å². The number of Topliss-reactive ketones (excluding diaryl/α,β-unsaturated/α-hetero) is 1. The van der Waals surface area contributed by atoms with Crippen LogP contribution in [0.5, 0.6) is 0 Å². The minimum absolute atomic E-state index is 0. The Kier molecular flexibility index (Phi) is 6.17. The Morgan fingerprint density at radius 1 is 1.21 bits per heavy atom. The van der Waals surface area contributed by atoms with Crippen molar-refractivity contribution in [2.24, 2.45) is 11.8 Å². The number of hydrogen-bond donors (Lipinski definition) is 1. The van der Waals surface area contributed by atoms with Gasteiger partial charge in [-0.3, -0.25) is 9.59 Å². The first kappa shape index (κ1) is 13.1. The topological polar surface area (TPSA) is 46.2 Å². The predicted molar refractivity (Wildman–Crippen MR) is 59.0 cm³/mol. The van der Waals surface area contributed by atoms with Crippen LogP contribution in [-0.4, -0.2) is 18.2 Å². The van der Waals surface area contributed by atoms with Crippen LogP contribution >= 0.6 is 0 Å². The molecule has 0 aliphatic carbocycles. The van der Waals surface area contributed by atoms with Crippen molar-refractivity contribution in [3.8, 4) is 0 Å². The van der Waals surface area contributed by atoms with Gasteiger partial charge in [-0.15, -0.1) is 0 Å². The number of carbonyl (C=O) groups is 2. The van der Waals surface area contributed by atoms with Crippen molar-refractivity contribution in [1.82, 2.24) is 5.32 Å². The van der Waals surface area contributed by atoms with E-state index in [9.17, 15) is 9.59 Å². The molecule has 0 aliphatic heterocycles. The van der Waals surface area contributed by atoms with Crippen molar-refractivity contribution in [1.29, 1.82) is 0 Å². The fourth-order valence-electron chi connectivity index (χ4n) is 1.06. The second kappa shape index (κ2) is 6.57. The molecule has 0 spiro atoms. The molecule has 0 aromatic heterocycles. The fourth-order valence-corrected chi connectivity index (χ4v) is 1.06. The molecule has 0 aromatic carbocycles. The van der Waals surface area contributed by atoms with Crippen LogP contribution in [0.15, 0.2) is 0 Å². The molecule has 1 amide bonds. The van der Waals surface area contributed by atoms with Gasteiger partial charge in [-0.2, -0.15) is 0 Å². The molecule has 0 aromatic rings. The van der Waals surface area contributed by atoms with Crippen LogP contribution < -0.4 is 5.32 Å². The van der Waals surface area contributed by atoms with Gasteiger partial charge >= 0.3 is 0 Å². The normalized spacial score (nSPS) is 10.7. The fraction of sp³-hybridized carbons (Fsp3) is 0.818. The number of carbonyl (C=O) groups excluding carboxylic acids is 2. The molecule has 0 saturated heterocycles. The summed E-state index contributed by atoms with van der Waals surface area (Å²) in [7, 11) is 0. The van der Waals surface area contributed by atoms with Gasteiger partial charge in [-0.1, -0.05) is 27.7 Å². The number of amides is 1. The molecule has 0 rings (SSSR count). The van der Waals surface area contributed by atoms with Crippen LogP contribution in [0.3, 0.4) is 0 Å². The molecule has 3 heteroatoms. The van der Waals surface area contributed by atoms with E-state index in [-0.39, 0.29) is 19.0 Å². The third-order valence-electron chi connectivity index (χ3n) is 1.93. The summed E-state index contributed by atoms with van der Waals surface area (Å²) in [5.74, 6) is 0.680. The zero-order valence-electron chi connectivity index (χ0n) is 9.59. The molecule has 14 heavy (non-hydrogen) atoms. The van der Waals surface area contributed by atoms with E-state index in [0.29, 0.717) is 25.3 Å². The van der Waals surface area contributed by atoms with Gasteiger partial charge in [0.2, 0.25) is 5.91 Å². The Morgan fingerprint density at radius 2 is 1.79 bits per heavy atom. The summed E-state index contributed by atoms with van der Waals surface area (Å²) in [6.45, 7) is 8.22. The van der Waals surface area contributed by atoms with E-state index in [4.69, 9.17) is 0 Å². The monoisotopic (exact) mass is 201 g/mol. The maximum Gasteiger partial charge on any atom is 0.220 e. The first-order chi connectivity index (χ1) is 6.43. The third kappa shape index (κ3) is 6.63. The summed E-state index contributed by atoms with van der Waals surface area (Å²) >= 11 is 0. The molecule has 84 valence electrons. The minimum atomic E-state index is 0. The molecule has 0 radical (unpaired) electrons. The van der Waals surface area contributed by atoms with Gasteiger partial charge in [0, 0.05) is 26.7 Å². The first-order valence-electron chi connectivity index (χ1n) is 5.23. The Balaban J connectivity index is 0. The van der Waals surface area contributed by atoms with E-state index in [1.54, 1.807) is 0 Å². The molecule has 0 saturated carbocycles. The Morgan fingerprint density at radius 3 is 2.21 bits per heavy atom. The summed E-state index contributed by atoms with van der Waals surface area (Å²) in [6.07, 6.45) is 0.984. The summed E-state index contributed by atoms with van der Waals surface area (Å²) in [4.78, 5) is 22.4. The van der Waals surface area contributed by atoms with E-state index >= 15 is 0 Å². The third-order valence-corrected chi connectivity index (χ3v) is 1.93. The van der Waals surface area contributed by atoms with E-state index < -0.39 is 0 Å². The van der Waals surface area contributed by atoms with Gasteiger partial charge in [0.1, 0.15) is 5.78 Å². The van der Waals surface area contributed by atoms with Crippen molar-refractivity contribution in [2.45, 2.75) is 40.5 Å². The minimum Gasteiger partial charge on any atom is -0.356 e. The lowest BCUT2D eigenvalue weighted by molar-refractivity contribution is -0.123. The molecular formula is C11H23NO2. The zero-order chi connectivity index (χ0) is 11.1. The van der Waals surface area contributed by atoms with Gasteiger partial charge in [0.25, 0.3) is 0 Å². The molecule has 0 atom stereocenters. The number of nitrogens with one attached hydrogen (secondary N) is 1. The number of rotatable bonds is 6. The Labute approximate surface area is 87.7 Å². The SMILES string of the molecule is CC(C)CC(=O)NCCC(=O)C(C)C.[HH]. The molecule has 0 unspecified atom stereocenters. The van der Waals surface area contributed by atoms with E-state index in [1.807, 2.05) is 27.7 Å². The van der Waals surface area contributed by atoms with Crippen molar-refractivity contribution in [2.75, 3.05) is 6.54 Å². The second-order valence-corrected chi connectivity index (χ2v) is 4.32. The van der Waals surface area contributed by atoms with Gasteiger partial charge < -0.3 is 5.32 Å². The molecule has 0 heterocycles. The van der Waals surface area contributed by atoms with Crippen LogP contribution in [0.1, 0.15) is 42.0 Å². The summed E-state index contributed by atoms with van der Waals surface area (Å²) in [5.41, 5.74) is 0. The highest BCUT2D eigenvalue weighted by Crippen LogP contribution is 1.99. The smallest absolute Gasteiger partial charge is 0.220 e. The van der Waals surface area contributed by atoms with Gasteiger partial charge in [-0.25, -0.2) is 0 Å². The quantitative estimate of drug-likeness (QED) is 0.714. The highest BCUT2D eigenvalue weighted by Gasteiger charge is 2.08. The first-order valence-corrected chi connectivity index (χ1v) is 5.23. The summed E-state index contributed by atoms with van der Waals surface area (Å²) < 4.78 is 0. The molecule has 0 bridgehead atoms. The van der Waals surface area contributed by atoms with Crippen molar-refractivity contribution < 1.29 is 11.0 Å². The number of ketones is 1. The molecule has 1 N–H and O–H groups in total. The van der Waals surface area contributed by atoms with Crippen molar-refractivity contribution >= 4 is 11.7 Å². The lowest BCUT2D eigenvalue weighted by Crippen LogP contribution is -2.27. The van der Waals surface area contributed by atoms with Crippen LogP contribution in [0.25, 0.3) is 0 Å². The predicted octanol–water partition coefficient (Wildman–Crippen LogP) is 2.01. The van der Waals surface area contributed by atoms with Crippen LogP contribution in [0.2, 0.25) is 0 Å². The largest absolute Gasteiger partial charge is 0.356 e. The molecule has 3 nitrogen and oxygen atoms in total. The molecule has 0 fully saturated rings. The summed E-state index contributed by atoms with van der Waals surface area (Å²) in [5, 5.41) is 2.74. The summed E-state index contributed by atoms with van der Waals surface area (Å²) in [6, 6.07) is 0. The van der Waals surface area contributed by atoms with Gasteiger partial charge in [0.15, 0.2) is 0 Å².